The third kappa shape index (κ3) is 6.27. The van der Waals surface area contributed by atoms with Gasteiger partial charge in [0.2, 0.25) is 11.8 Å². The molecule has 0 bridgehead atoms. The van der Waals surface area contributed by atoms with Gasteiger partial charge >= 0.3 is 0 Å². The van der Waals surface area contributed by atoms with Crippen LogP contribution in [0.25, 0.3) is 0 Å². The molecule has 0 heterocycles. The fraction of sp³-hybridized carbons (Fsp3) is 0.176. The maximum atomic E-state index is 12.7. The van der Waals surface area contributed by atoms with Crippen molar-refractivity contribution in [1.29, 1.82) is 0 Å². The second kappa shape index (κ2) is 8.65. The Morgan fingerprint density at radius 1 is 0.913 bits per heavy atom. The maximum Gasteiger partial charge on any atom is 0.250 e. The number of carbonyl (C=O) groups excluding carboxylic acids is 2. The third-order valence-corrected chi connectivity index (χ3v) is 2.93. The molecule has 2 aromatic carbocycles. The minimum atomic E-state index is -0.410. The highest BCUT2D eigenvalue weighted by Crippen LogP contribution is 2.07. The van der Waals surface area contributed by atoms with E-state index in [1.54, 1.807) is 0 Å². The van der Waals surface area contributed by atoms with Gasteiger partial charge in [0.25, 0.3) is 0 Å². The zero-order valence-corrected chi connectivity index (χ0v) is 12.4. The highest BCUT2D eigenvalue weighted by Gasteiger charge is 2.06. The largest absolute Gasteiger partial charge is 0.362 e. The van der Waals surface area contributed by atoms with Crippen molar-refractivity contribution < 1.29 is 18.7 Å². The van der Waals surface area contributed by atoms with Crippen molar-refractivity contribution in [2.75, 3.05) is 18.5 Å². The molecule has 0 saturated heterocycles. The fourth-order valence-electron chi connectivity index (χ4n) is 1.81. The van der Waals surface area contributed by atoms with Crippen LogP contribution < -0.4 is 10.6 Å². The highest BCUT2D eigenvalue weighted by molar-refractivity contribution is 5.91. The van der Waals surface area contributed by atoms with Crippen molar-refractivity contribution in [3.8, 4) is 0 Å². The van der Waals surface area contributed by atoms with E-state index in [0.717, 1.165) is 5.56 Å². The molecule has 0 unspecified atom stereocenters. The van der Waals surface area contributed by atoms with E-state index in [-0.39, 0.29) is 24.9 Å². The normalized spacial score (nSPS) is 10.1. The monoisotopic (exact) mass is 316 g/mol. The first-order valence-corrected chi connectivity index (χ1v) is 7.07. The van der Waals surface area contributed by atoms with Crippen LogP contribution in [0.5, 0.6) is 0 Å². The molecule has 0 atom stereocenters. The number of anilines is 1. The predicted molar refractivity (Wildman–Crippen MR) is 84.1 cm³/mol. The van der Waals surface area contributed by atoms with E-state index in [4.69, 9.17) is 4.74 Å². The van der Waals surface area contributed by atoms with Crippen LogP contribution in [0, 0.1) is 5.82 Å². The Kier molecular flexibility index (Phi) is 6.26. The lowest BCUT2D eigenvalue weighted by molar-refractivity contribution is -0.128. The second-order valence-electron chi connectivity index (χ2n) is 4.81. The lowest BCUT2D eigenvalue weighted by atomic mass is 10.2. The zero-order valence-electron chi connectivity index (χ0n) is 12.4. The summed E-state index contributed by atoms with van der Waals surface area (Å²) in [6.07, 6.45) is 0. The van der Waals surface area contributed by atoms with Gasteiger partial charge in [0, 0.05) is 12.2 Å². The Morgan fingerprint density at radius 2 is 1.57 bits per heavy atom. The number of hydrogen-bond donors (Lipinski definition) is 2. The van der Waals surface area contributed by atoms with Gasteiger partial charge in [-0.3, -0.25) is 9.59 Å². The van der Waals surface area contributed by atoms with Crippen LogP contribution in [-0.2, 0) is 20.9 Å². The smallest absolute Gasteiger partial charge is 0.250 e. The summed E-state index contributed by atoms with van der Waals surface area (Å²) in [5, 5.41) is 5.23. The molecule has 0 aliphatic carbocycles. The van der Waals surface area contributed by atoms with Crippen molar-refractivity contribution in [1.82, 2.24) is 5.32 Å². The van der Waals surface area contributed by atoms with Gasteiger partial charge in [-0.2, -0.15) is 0 Å². The fourth-order valence-corrected chi connectivity index (χ4v) is 1.81. The number of benzene rings is 2. The molecule has 2 amide bonds. The van der Waals surface area contributed by atoms with Crippen molar-refractivity contribution in [2.24, 2.45) is 0 Å². The van der Waals surface area contributed by atoms with Gasteiger partial charge in [-0.15, -0.1) is 0 Å². The highest BCUT2D eigenvalue weighted by atomic mass is 19.1. The first-order valence-electron chi connectivity index (χ1n) is 7.07. The summed E-state index contributed by atoms with van der Waals surface area (Å²) in [5.74, 6) is -1.09. The van der Waals surface area contributed by atoms with Crippen LogP contribution in [0.2, 0.25) is 0 Å². The van der Waals surface area contributed by atoms with Crippen molar-refractivity contribution in [3.05, 3.63) is 66.0 Å². The molecule has 0 aromatic heterocycles. The standard InChI is InChI=1S/C17H17FN2O3/c18-14-6-8-15(9-7-14)20-17(22)12-23-11-16(21)19-10-13-4-2-1-3-5-13/h1-9H,10-12H2,(H,19,21)(H,20,22). The van der Waals surface area contributed by atoms with E-state index < -0.39 is 5.91 Å². The SMILES string of the molecule is O=C(COCC(=O)Nc1ccc(F)cc1)NCc1ccccc1. The molecule has 2 aromatic rings. The maximum absolute atomic E-state index is 12.7. The van der Waals surface area contributed by atoms with E-state index >= 15 is 0 Å². The number of hydrogen-bond acceptors (Lipinski definition) is 3. The molecule has 6 heteroatoms. The third-order valence-electron chi connectivity index (χ3n) is 2.93. The molecule has 5 nitrogen and oxygen atoms in total. The van der Waals surface area contributed by atoms with Crippen LogP contribution in [0.1, 0.15) is 5.56 Å². The van der Waals surface area contributed by atoms with Crippen LogP contribution in [-0.4, -0.2) is 25.0 Å². The molecule has 2 N–H and O–H groups in total. The van der Waals surface area contributed by atoms with Crippen molar-refractivity contribution in [2.45, 2.75) is 6.54 Å². The predicted octanol–water partition coefficient (Wildman–Crippen LogP) is 2.10. The first-order chi connectivity index (χ1) is 11.1. The molecule has 0 radical (unpaired) electrons. The van der Waals surface area contributed by atoms with E-state index in [0.29, 0.717) is 12.2 Å². The van der Waals surface area contributed by atoms with Gasteiger partial charge < -0.3 is 15.4 Å². The second-order valence-corrected chi connectivity index (χ2v) is 4.81. The Bertz CT molecular complexity index is 645. The van der Waals surface area contributed by atoms with Crippen LogP contribution >= 0.6 is 0 Å². The summed E-state index contributed by atoms with van der Waals surface area (Å²) < 4.78 is 17.8. The number of amides is 2. The zero-order chi connectivity index (χ0) is 16.5. The number of carbonyl (C=O) groups is 2. The molecular weight excluding hydrogens is 299 g/mol. The van der Waals surface area contributed by atoms with Gasteiger partial charge in [-0.05, 0) is 29.8 Å². The summed E-state index contributed by atoms with van der Waals surface area (Å²) >= 11 is 0. The van der Waals surface area contributed by atoms with E-state index in [1.807, 2.05) is 30.3 Å². The topological polar surface area (TPSA) is 67.4 Å². The van der Waals surface area contributed by atoms with Gasteiger partial charge in [-0.1, -0.05) is 30.3 Å². The van der Waals surface area contributed by atoms with Crippen LogP contribution in [0.4, 0.5) is 10.1 Å². The lowest BCUT2D eigenvalue weighted by Crippen LogP contribution is -2.29. The van der Waals surface area contributed by atoms with Crippen molar-refractivity contribution >= 4 is 17.5 Å². The average molecular weight is 316 g/mol. The summed E-state index contributed by atoms with van der Waals surface area (Å²) in [6.45, 7) is -0.0510. The molecule has 0 fully saturated rings. The first kappa shape index (κ1) is 16.6. The molecule has 23 heavy (non-hydrogen) atoms. The molecule has 0 aliphatic rings. The summed E-state index contributed by atoms with van der Waals surface area (Å²) in [5.41, 5.74) is 1.45. The van der Waals surface area contributed by atoms with E-state index in [9.17, 15) is 14.0 Å². The van der Waals surface area contributed by atoms with Crippen LogP contribution in [0.3, 0.4) is 0 Å². The van der Waals surface area contributed by atoms with Gasteiger partial charge in [0.1, 0.15) is 19.0 Å². The Hall–Kier alpha value is -2.73. The molecule has 0 spiro atoms. The van der Waals surface area contributed by atoms with Crippen LogP contribution in [0.15, 0.2) is 54.6 Å². The summed E-state index contributed by atoms with van der Waals surface area (Å²) in [7, 11) is 0. The molecule has 0 aliphatic heterocycles. The number of halogens is 1. The van der Waals surface area contributed by atoms with Crippen molar-refractivity contribution in [3.63, 3.8) is 0 Å². The summed E-state index contributed by atoms with van der Waals surface area (Å²) in [4.78, 5) is 23.2. The van der Waals surface area contributed by atoms with Gasteiger partial charge in [0.15, 0.2) is 0 Å². The van der Waals surface area contributed by atoms with E-state index in [1.165, 1.54) is 24.3 Å². The minimum Gasteiger partial charge on any atom is -0.362 e. The molecule has 120 valence electrons. The quantitative estimate of drug-likeness (QED) is 0.822. The molecular formula is C17H17FN2O3. The number of ether oxygens (including phenoxy) is 1. The number of nitrogens with one attached hydrogen (secondary N) is 2. The Morgan fingerprint density at radius 3 is 2.26 bits per heavy atom. The van der Waals surface area contributed by atoms with E-state index in [2.05, 4.69) is 10.6 Å². The lowest BCUT2D eigenvalue weighted by Gasteiger charge is -2.07. The summed E-state index contributed by atoms with van der Waals surface area (Å²) in [6, 6.07) is 14.8. The van der Waals surface area contributed by atoms with Gasteiger partial charge in [0.05, 0.1) is 0 Å². The molecule has 0 saturated carbocycles. The Balaban J connectivity index is 1.63. The minimum absolute atomic E-state index is 0.205. The number of rotatable bonds is 7. The van der Waals surface area contributed by atoms with Gasteiger partial charge in [-0.25, -0.2) is 4.39 Å². The Labute approximate surface area is 133 Å². The molecule has 2 rings (SSSR count). The average Bonchev–Trinajstić information content (AvgIpc) is 2.56.